The number of nitrogens with two attached hydrogens (primary N) is 1. The first-order valence-electron chi connectivity index (χ1n) is 6.83. The van der Waals surface area contributed by atoms with E-state index in [1.54, 1.807) is 0 Å². The molecule has 3 N–H and O–H groups in total. The first kappa shape index (κ1) is 13.1. The van der Waals surface area contributed by atoms with E-state index in [4.69, 9.17) is 5.73 Å². The van der Waals surface area contributed by atoms with Gasteiger partial charge in [0.15, 0.2) is 0 Å². The number of carbonyl (C=O) groups is 1. The van der Waals surface area contributed by atoms with Gasteiger partial charge in [0.1, 0.15) is 0 Å². The van der Waals surface area contributed by atoms with E-state index in [0.29, 0.717) is 6.42 Å². The van der Waals surface area contributed by atoms with E-state index in [2.05, 4.69) is 5.32 Å². The molecule has 0 aliphatic heterocycles. The fourth-order valence-electron chi connectivity index (χ4n) is 2.10. The minimum absolute atomic E-state index is 0.0327. The van der Waals surface area contributed by atoms with Crippen LogP contribution in [0.5, 0.6) is 0 Å². The average molecular weight is 246 g/mol. The number of amides is 1. The lowest BCUT2D eigenvalue weighted by molar-refractivity contribution is -0.122. The quantitative estimate of drug-likeness (QED) is 0.722. The highest BCUT2D eigenvalue weighted by Gasteiger charge is 2.20. The molecule has 1 aliphatic carbocycles. The third-order valence-corrected chi connectivity index (χ3v) is 3.42. The van der Waals surface area contributed by atoms with Crippen molar-refractivity contribution >= 4 is 5.91 Å². The molecule has 1 aromatic rings. The summed E-state index contributed by atoms with van der Waals surface area (Å²) < 4.78 is 0. The van der Waals surface area contributed by atoms with Crippen LogP contribution in [-0.2, 0) is 11.2 Å². The highest BCUT2D eigenvalue weighted by Crippen LogP contribution is 2.33. The monoisotopic (exact) mass is 246 g/mol. The van der Waals surface area contributed by atoms with Gasteiger partial charge in [-0.1, -0.05) is 43.2 Å². The molecule has 0 saturated heterocycles. The minimum Gasteiger partial charge on any atom is -0.355 e. The summed E-state index contributed by atoms with van der Waals surface area (Å²) >= 11 is 0. The van der Waals surface area contributed by atoms with Crippen LogP contribution in [0, 0.1) is 5.92 Å². The van der Waals surface area contributed by atoms with Gasteiger partial charge in [-0.15, -0.1) is 0 Å². The number of benzene rings is 1. The second-order valence-electron chi connectivity index (χ2n) is 5.17. The molecule has 0 bridgehead atoms. The molecule has 0 radical (unpaired) electrons. The van der Waals surface area contributed by atoms with Gasteiger partial charge in [0.2, 0.25) is 5.91 Å². The van der Waals surface area contributed by atoms with Gasteiger partial charge in [0.05, 0.1) is 6.04 Å². The van der Waals surface area contributed by atoms with Gasteiger partial charge in [-0.25, -0.2) is 0 Å². The number of hydrogen-bond acceptors (Lipinski definition) is 2. The van der Waals surface area contributed by atoms with Gasteiger partial charge in [-0.2, -0.15) is 0 Å². The zero-order chi connectivity index (χ0) is 12.8. The topological polar surface area (TPSA) is 55.1 Å². The molecule has 1 aromatic carbocycles. The third-order valence-electron chi connectivity index (χ3n) is 3.42. The Morgan fingerprint density at radius 1 is 1.33 bits per heavy atom. The molecule has 1 fully saturated rings. The molecule has 1 atom stereocenters. The van der Waals surface area contributed by atoms with Gasteiger partial charge in [0, 0.05) is 6.54 Å². The molecule has 1 amide bonds. The van der Waals surface area contributed by atoms with Crippen LogP contribution in [0.4, 0.5) is 0 Å². The highest BCUT2D eigenvalue weighted by molar-refractivity contribution is 5.81. The molecule has 0 unspecified atom stereocenters. The summed E-state index contributed by atoms with van der Waals surface area (Å²) in [6.45, 7) is 0.762. The van der Waals surface area contributed by atoms with E-state index in [9.17, 15) is 4.79 Å². The molecule has 18 heavy (non-hydrogen) atoms. The van der Waals surface area contributed by atoms with Crippen molar-refractivity contribution in [3.8, 4) is 0 Å². The van der Waals surface area contributed by atoms with Crippen LogP contribution < -0.4 is 11.1 Å². The Hall–Kier alpha value is -1.35. The Labute approximate surface area is 109 Å². The lowest BCUT2D eigenvalue weighted by Crippen LogP contribution is -2.42. The zero-order valence-electron chi connectivity index (χ0n) is 10.8. The predicted molar refractivity (Wildman–Crippen MR) is 73.1 cm³/mol. The normalized spacial score (nSPS) is 16.3. The molecule has 1 saturated carbocycles. The summed E-state index contributed by atoms with van der Waals surface area (Å²) in [6.07, 6.45) is 5.68. The smallest absolute Gasteiger partial charge is 0.237 e. The van der Waals surface area contributed by atoms with Crippen molar-refractivity contribution in [2.24, 2.45) is 11.7 Å². The van der Waals surface area contributed by atoms with Crippen molar-refractivity contribution in [1.82, 2.24) is 5.32 Å². The van der Waals surface area contributed by atoms with Crippen LogP contribution in [0.25, 0.3) is 0 Å². The third kappa shape index (κ3) is 4.49. The zero-order valence-corrected chi connectivity index (χ0v) is 10.8. The van der Waals surface area contributed by atoms with E-state index in [-0.39, 0.29) is 5.91 Å². The highest BCUT2D eigenvalue weighted by atomic mass is 16.2. The van der Waals surface area contributed by atoms with Gasteiger partial charge >= 0.3 is 0 Å². The molecule has 1 aliphatic rings. The van der Waals surface area contributed by atoms with Crippen molar-refractivity contribution in [2.45, 2.75) is 38.1 Å². The van der Waals surface area contributed by atoms with Gasteiger partial charge < -0.3 is 11.1 Å². The Kier molecular flexibility index (Phi) is 4.76. The summed E-state index contributed by atoms with van der Waals surface area (Å²) in [5.41, 5.74) is 7.00. The number of carbonyl (C=O) groups excluding carboxylic acids is 1. The Balaban J connectivity index is 1.64. The standard InChI is InChI=1S/C15H22N2O/c16-14(11-13-5-2-1-3-6-13)15(18)17-10-4-7-12-8-9-12/h1-3,5-6,12,14H,4,7-11,16H2,(H,17,18)/t14-/m0/s1. The van der Waals surface area contributed by atoms with Gasteiger partial charge in [-0.05, 0) is 30.7 Å². The first-order chi connectivity index (χ1) is 8.75. The van der Waals surface area contributed by atoms with Crippen LogP contribution in [-0.4, -0.2) is 18.5 Å². The molecular weight excluding hydrogens is 224 g/mol. The molecule has 0 heterocycles. The minimum atomic E-state index is -0.437. The van der Waals surface area contributed by atoms with Crippen LogP contribution in [0.2, 0.25) is 0 Å². The summed E-state index contributed by atoms with van der Waals surface area (Å²) in [4.78, 5) is 11.8. The fraction of sp³-hybridized carbons (Fsp3) is 0.533. The van der Waals surface area contributed by atoms with Crippen LogP contribution in [0.3, 0.4) is 0 Å². The van der Waals surface area contributed by atoms with E-state index < -0.39 is 6.04 Å². The maximum absolute atomic E-state index is 11.8. The molecule has 0 spiro atoms. The van der Waals surface area contributed by atoms with Crippen molar-refractivity contribution in [3.05, 3.63) is 35.9 Å². The number of rotatable bonds is 7. The summed E-state index contributed by atoms with van der Waals surface area (Å²) in [5, 5.41) is 2.92. The second-order valence-corrected chi connectivity index (χ2v) is 5.17. The van der Waals surface area contributed by atoms with Crippen molar-refractivity contribution in [3.63, 3.8) is 0 Å². The maximum Gasteiger partial charge on any atom is 0.237 e. The lowest BCUT2D eigenvalue weighted by Gasteiger charge is -2.12. The van der Waals surface area contributed by atoms with Crippen molar-refractivity contribution in [2.75, 3.05) is 6.54 Å². The Morgan fingerprint density at radius 3 is 2.72 bits per heavy atom. The first-order valence-corrected chi connectivity index (χ1v) is 6.83. The molecule has 0 aromatic heterocycles. The van der Waals surface area contributed by atoms with Crippen molar-refractivity contribution < 1.29 is 4.79 Å². The lowest BCUT2D eigenvalue weighted by atomic mass is 10.1. The summed E-state index contributed by atoms with van der Waals surface area (Å²) in [7, 11) is 0. The molecule has 3 nitrogen and oxygen atoms in total. The molecule has 2 rings (SSSR count). The Bertz CT molecular complexity index is 373. The van der Waals surface area contributed by atoms with Crippen LogP contribution >= 0.6 is 0 Å². The van der Waals surface area contributed by atoms with Crippen molar-refractivity contribution in [1.29, 1.82) is 0 Å². The summed E-state index contributed by atoms with van der Waals surface area (Å²) in [6, 6.07) is 9.46. The number of hydrogen-bond donors (Lipinski definition) is 2. The maximum atomic E-state index is 11.8. The second kappa shape index (κ2) is 6.55. The van der Waals surface area contributed by atoms with Crippen LogP contribution in [0.1, 0.15) is 31.2 Å². The Morgan fingerprint density at radius 2 is 2.06 bits per heavy atom. The average Bonchev–Trinajstić information content (AvgIpc) is 3.19. The van der Waals surface area contributed by atoms with Gasteiger partial charge in [-0.3, -0.25) is 4.79 Å². The van der Waals surface area contributed by atoms with Crippen LogP contribution in [0.15, 0.2) is 30.3 Å². The van der Waals surface area contributed by atoms with E-state index in [1.807, 2.05) is 30.3 Å². The summed E-state index contributed by atoms with van der Waals surface area (Å²) in [5.74, 6) is 0.898. The number of nitrogens with one attached hydrogen (secondary N) is 1. The van der Waals surface area contributed by atoms with E-state index in [1.165, 1.54) is 19.3 Å². The van der Waals surface area contributed by atoms with E-state index >= 15 is 0 Å². The predicted octanol–water partition coefficient (Wildman–Crippen LogP) is 1.86. The molecule has 3 heteroatoms. The largest absolute Gasteiger partial charge is 0.355 e. The molecular formula is C15H22N2O. The molecule has 98 valence electrons. The van der Waals surface area contributed by atoms with E-state index in [0.717, 1.165) is 24.4 Å². The fourth-order valence-corrected chi connectivity index (χ4v) is 2.10. The van der Waals surface area contributed by atoms with Gasteiger partial charge in [0.25, 0.3) is 0 Å². The SMILES string of the molecule is N[C@@H](Cc1ccccc1)C(=O)NCCCC1CC1.